The Kier molecular flexibility index (Phi) is 6.21. The smallest absolute Gasteiger partial charge is 0.261 e. The number of para-hydroxylation sites is 1. The average Bonchev–Trinajstić information content (AvgIpc) is 3.19. The first-order valence-corrected chi connectivity index (χ1v) is 9.55. The summed E-state index contributed by atoms with van der Waals surface area (Å²) >= 11 is 0. The standard InChI is InChI=1S/C20H26N4O3/c1-15-6-4-7-16-19(15)22-14-24(20(16)27)13-5-8-17(25)21-10-9-18(26)23-11-2-3-12-23/h4,6-7,14H,2-3,5,8-13H2,1H3,(H,21,25). The number of benzene rings is 1. The second-order valence-electron chi connectivity index (χ2n) is 7.01. The van der Waals surface area contributed by atoms with Gasteiger partial charge in [0, 0.05) is 39.0 Å². The first-order chi connectivity index (χ1) is 13.1. The van der Waals surface area contributed by atoms with E-state index in [1.807, 2.05) is 24.0 Å². The van der Waals surface area contributed by atoms with Crippen molar-refractivity contribution in [2.24, 2.45) is 0 Å². The maximum atomic E-state index is 12.5. The lowest BCUT2D eigenvalue weighted by molar-refractivity contribution is -0.130. The maximum Gasteiger partial charge on any atom is 0.261 e. The minimum Gasteiger partial charge on any atom is -0.356 e. The highest BCUT2D eigenvalue weighted by Gasteiger charge is 2.17. The molecule has 0 saturated carbocycles. The summed E-state index contributed by atoms with van der Waals surface area (Å²) in [6.45, 7) is 4.40. The van der Waals surface area contributed by atoms with Gasteiger partial charge in [0.25, 0.3) is 5.56 Å². The van der Waals surface area contributed by atoms with Gasteiger partial charge in [-0.15, -0.1) is 0 Å². The van der Waals surface area contributed by atoms with Gasteiger partial charge in [0.2, 0.25) is 11.8 Å². The van der Waals surface area contributed by atoms with Crippen LogP contribution in [0.15, 0.2) is 29.3 Å². The van der Waals surface area contributed by atoms with Gasteiger partial charge in [-0.3, -0.25) is 19.0 Å². The number of hydrogen-bond donors (Lipinski definition) is 1. The summed E-state index contributed by atoms with van der Waals surface area (Å²) in [5.74, 6) is 0.0127. The van der Waals surface area contributed by atoms with Crippen molar-refractivity contribution in [2.75, 3.05) is 19.6 Å². The van der Waals surface area contributed by atoms with Crippen molar-refractivity contribution < 1.29 is 9.59 Å². The molecule has 27 heavy (non-hydrogen) atoms. The fourth-order valence-electron chi connectivity index (χ4n) is 3.43. The van der Waals surface area contributed by atoms with E-state index in [4.69, 9.17) is 0 Å². The zero-order valence-corrected chi connectivity index (χ0v) is 15.7. The molecule has 0 bridgehead atoms. The van der Waals surface area contributed by atoms with Gasteiger partial charge in [0.05, 0.1) is 17.2 Å². The lowest BCUT2D eigenvalue weighted by Gasteiger charge is -2.15. The predicted molar refractivity (Wildman–Crippen MR) is 103 cm³/mol. The van der Waals surface area contributed by atoms with E-state index < -0.39 is 0 Å². The van der Waals surface area contributed by atoms with Gasteiger partial charge < -0.3 is 10.2 Å². The normalized spacial score (nSPS) is 13.9. The second kappa shape index (κ2) is 8.79. The molecule has 0 spiro atoms. The highest BCUT2D eigenvalue weighted by Crippen LogP contribution is 2.11. The molecule has 2 aromatic rings. The van der Waals surface area contributed by atoms with Crippen LogP contribution in [0.5, 0.6) is 0 Å². The van der Waals surface area contributed by atoms with Crippen LogP contribution < -0.4 is 10.9 Å². The third-order valence-electron chi connectivity index (χ3n) is 4.98. The molecule has 7 nitrogen and oxygen atoms in total. The number of nitrogens with one attached hydrogen (secondary N) is 1. The molecule has 1 aromatic carbocycles. The lowest BCUT2D eigenvalue weighted by atomic mass is 10.1. The van der Waals surface area contributed by atoms with Crippen LogP contribution >= 0.6 is 0 Å². The van der Waals surface area contributed by atoms with Crippen molar-refractivity contribution in [3.05, 3.63) is 40.4 Å². The van der Waals surface area contributed by atoms with E-state index in [-0.39, 0.29) is 17.4 Å². The molecule has 1 saturated heterocycles. The molecule has 1 aliphatic heterocycles. The van der Waals surface area contributed by atoms with Gasteiger partial charge in [-0.05, 0) is 37.8 Å². The summed E-state index contributed by atoms with van der Waals surface area (Å²) in [6.07, 6.45) is 4.89. The number of carbonyl (C=O) groups is 2. The van der Waals surface area contributed by atoms with Crippen LogP contribution in [0.25, 0.3) is 10.9 Å². The molecule has 0 aliphatic carbocycles. The van der Waals surface area contributed by atoms with Crippen molar-refractivity contribution in [3.8, 4) is 0 Å². The number of hydrogen-bond acceptors (Lipinski definition) is 4. The van der Waals surface area contributed by atoms with E-state index in [0.717, 1.165) is 37.0 Å². The first kappa shape index (κ1) is 19.1. The largest absolute Gasteiger partial charge is 0.356 e. The molecular weight excluding hydrogens is 344 g/mol. The number of aryl methyl sites for hydroxylation is 2. The van der Waals surface area contributed by atoms with Crippen LogP contribution in [0.3, 0.4) is 0 Å². The number of rotatable bonds is 7. The Balaban J connectivity index is 1.43. The number of carbonyl (C=O) groups excluding carboxylic acids is 2. The Morgan fingerprint density at radius 3 is 2.74 bits per heavy atom. The number of nitrogens with zero attached hydrogens (tertiary/aromatic N) is 3. The third-order valence-corrected chi connectivity index (χ3v) is 4.98. The fourth-order valence-corrected chi connectivity index (χ4v) is 3.43. The SMILES string of the molecule is Cc1cccc2c(=O)n(CCCC(=O)NCCC(=O)N3CCCC3)cnc12. The van der Waals surface area contributed by atoms with Gasteiger partial charge in [0.1, 0.15) is 0 Å². The van der Waals surface area contributed by atoms with Crippen LogP contribution in [-0.4, -0.2) is 45.9 Å². The van der Waals surface area contributed by atoms with E-state index in [0.29, 0.717) is 37.7 Å². The Labute approximate surface area is 158 Å². The van der Waals surface area contributed by atoms with Crippen LogP contribution in [0, 0.1) is 6.92 Å². The molecule has 1 aliphatic rings. The molecule has 0 atom stereocenters. The minimum absolute atomic E-state index is 0.0830. The van der Waals surface area contributed by atoms with Crippen LogP contribution in [0.2, 0.25) is 0 Å². The zero-order valence-electron chi connectivity index (χ0n) is 15.7. The maximum absolute atomic E-state index is 12.5. The highest BCUT2D eigenvalue weighted by molar-refractivity contribution is 5.80. The van der Waals surface area contributed by atoms with E-state index in [2.05, 4.69) is 10.3 Å². The zero-order chi connectivity index (χ0) is 19.2. The quantitative estimate of drug-likeness (QED) is 0.803. The number of fused-ring (bicyclic) bond motifs is 1. The van der Waals surface area contributed by atoms with E-state index >= 15 is 0 Å². The molecule has 0 unspecified atom stereocenters. The van der Waals surface area contributed by atoms with Gasteiger partial charge in [-0.1, -0.05) is 12.1 Å². The summed E-state index contributed by atoms with van der Waals surface area (Å²) in [4.78, 5) is 42.6. The second-order valence-corrected chi connectivity index (χ2v) is 7.01. The van der Waals surface area contributed by atoms with E-state index in [9.17, 15) is 14.4 Å². The van der Waals surface area contributed by atoms with Crippen molar-refractivity contribution in [2.45, 2.75) is 45.6 Å². The summed E-state index contributed by atoms with van der Waals surface area (Å²) < 4.78 is 1.55. The number of likely N-dealkylation sites (tertiary alicyclic amines) is 1. The summed E-state index contributed by atoms with van der Waals surface area (Å²) in [6, 6.07) is 5.55. The topological polar surface area (TPSA) is 84.3 Å². The molecule has 2 amide bonds. The molecule has 3 rings (SSSR count). The number of aromatic nitrogens is 2. The lowest BCUT2D eigenvalue weighted by Crippen LogP contribution is -2.32. The Hall–Kier alpha value is -2.70. The van der Waals surface area contributed by atoms with Crippen LogP contribution in [0.4, 0.5) is 0 Å². The first-order valence-electron chi connectivity index (χ1n) is 9.55. The summed E-state index contributed by atoms with van der Waals surface area (Å²) in [5, 5.41) is 3.38. The fraction of sp³-hybridized carbons (Fsp3) is 0.500. The molecule has 1 N–H and O–H groups in total. The van der Waals surface area contributed by atoms with Crippen molar-refractivity contribution >= 4 is 22.7 Å². The van der Waals surface area contributed by atoms with Crippen molar-refractivity contribution in [3.63, 3.8) is 0 Å². The molecule has 1 fully saturated rings. The Bertz CT molecular complexity index is 884. The van der Waals surface area contributed by atoms with Crippen LogP contribution in [0.1, 0.15) is 37.7 Å². The molecule has 144 valence electrons. The minimum atomic E-state index is -0.0955. The summed E-state index contributed by atoms with van der Waals surface area (Å²) in [5.41, 5.74) is 1.61. The Morgan fingerprint density at radius 1 is 1.19 bits per heavy atom. The third kappa shape index (κ3) is 4.72. The average molecular weight is 370 g/mol. The van der Waals surface area contributed by atoms with Gasteiger partial charge in [-0.2, -0.15) is 0 Å². The van der Waals surface area contributed by atoms with Gasteiger partial charge in [0.15, 0.2) is 0 Å². The molecule has 7 heteroatoms. The van der Waals surface area contributed by atoms with Gasteiger partial charge >= 0.3 is 0 Å². The highest BCUT2D eigenvalue weighted by atomic mass is 16.2. The monoisotopic (exact) mass is 370 g/mol. The molecule has 0 radical (unpaired) electrons. The van der Waals surface area contributed by atoms with Gasteiger partial charge in [-0.25, -0.2) is 4.98 Å². The van der Waals surface area contributed by atoms with Crippen LogP contribution in [-0.2, 0) is 16.1 Å². The van der Waals surface area contributed by atoms with Crippen molar-refractivity contribution in [1.29, 1.82) is 0 Å². The van der Waals surface area contributed by atoms with E-state index in [1.165, 1.54) is 0 Å². The predicted octanol–water partition coefficient (Wildman–Crippen LogP) is 1.61. The summed E-state index contributed by atoms with van der Waals surface area (Å²) in [7, 11) is 0. The molecule has 1 aromatic heterocycles. The Morgan fingerprint density at radius 2 is 1.96 bits per heavy atom. The molecular formula is C20H26N4O3. The molecule has 2 heterocycles. The van der Waals surface area contributed by atoms with E-state index in [1.54, 1.807) is 17.0 Å². The van der Waals surface area contributed by atoms with Crippen molar-refractivity contribution in [1.82, 2.24) is 19.8 Å². The number of amides is 2.